The van der Waals surface area contributed by atoms with E-state index in [4.69, 9.17) is 11.6 Å². The molecule has 2 rings (SSSR count). The van der Waals surface area contributed by atoms with E-state index in [1.807, 2.05) is 24.3 Å². The summed E-state index contributed by atoms with van der Waals surface area (Å²) in [4.78, 5) is 12.4. The molecule has 1 aromatic rings. The minimum absolute atomic E-state index is 0. The van der Waals surface area contributed by atoms with Crippen LogP contribution in [0.1, 0.15) is 45.6 Å². The maximum Gasteiger partial charge on any atom is 0.220 e. The second kappa shape index (κ2) is 9.65. The van der Waals surface area contributed by atoms with Gasteiger partial charge in [0.1, 0.15) is 0 Å². The number of amides is 1. The van der Waals surface area contributed by atoms with Crippen molar-refractivity contribution in [2.75, 3.05) is 13.1 Å². The van der Waals surface area contributed by atoms with Crippen molar-refractivity contribution < 1.29 is 4.79 Å². The highest BCUT2D eigenvalue weighted by molar-refractivity contribution is 6.31. The van der Waals surface area contributed by atoms with Crippen molar-refractivity contribution >= 4 is 29.9 Å². The van der Waals surface area contributed by atoms with E-state index in [9.17, 15) is 4.79 Å². The predicted molar refractivity (Wildman–Crippen MR) is 104 cm³/mol. The number of piperidine rings is 1. The fourth-order valence-electron chi connectivity index (χ4n) is 3.46. The summed E-state index contributed by atoms with van der Waals surface area (Å²) in [5.74, 6) is 1.25. The highest BCUT2D eigenvalue weighted by Crippen LogP contribution is 2.25. The van der Waals surface area contributed by atoms with E-state index in [0.29, 0.717) is 18.3 Å². The van der Waals surface area contributed by atoms with Gasteiger partial charge in [-0.05, 0) is 69.7 Å². The summed E-state index contributed by atoms with van der Waals surface area (Å²) in [7, 11) is 0. The van der Waals surface area contributed by atoms with E-state index in [-0.39, 0.29) is 23.9 Å². The van der Waals surface area contributed by atoms with Gasteiger partial charge in [-0.25, -0.2) is 0 Å². The molecule has 0 radical (unpaired) electrons. The molecular weight excluding hydrogens is 343 g/mol. The van der Waals surface area contributed by atoms with Crippen LogP contribution in [0.2, 0.25) is 5.02 Å². The Balaban J connectivity index is 0.00000288. The molecule has 2 N–H and O–H groups in total. The fraction of sp³-hybridized carbons (Fsp3) is 0.632. The molecule has 0 aromatic heterocycles. The SMILES string of the molecule is CC(CC(=O)NC(C)(C)Cc1ccccc1Cl)C1CCNCC1.Cl. The van der Waals surface area contributed by atoms with Gasteiger partial charge in [0.15, 0.2) is 0 Å². The van der Waals surface area contributed by atoms with Crippen LogP contribution in [0.5, 0.6) is 0 Å². The van der Waals surface area contributed by atoms with Gasteiger partial charge in [0, 0.05) is 17.0 Å². The molecule has 1 aliphatic heterocycles. The maximum atomic E-state index is 12.4. The summed E-state index contributed by atoms with van der Waals surface area (Å²) in [5.41, 5.74) is 0.779. The Kier molecular flexibility index (Phi) is 8.55. The Labute approximate surface area is 157 Å². The standard InChI is InChI=1S/C19H29ClN2O.ClH/c1-14(15-8-10-21-11-9-15)12-18(23)22-19(2,3)13-16-6-4-5-7-17(16)20;/h4-7,14-15,21H,8-13H2,1-3H3,(H,22,23);1H. The fourth-order valence-corrected chi connectivity index (χ4v) is 3.67. The number of rotatable bonds is 6. The molecule has 1 saturated heterocycles. The van der Waals surface area contributed by atoms with Gasteiger partial charge in [-0.15, -0.1) is 12.4 Å². The first kappa shape index (κ1) is 21.3. The van der Waals surface area contributed by atoms with E-state index in [1.165, 1.54) is 12.8 Å². The zero-order valence-corrected chi connectivity index (χ0v) is 16.5. The molecule has 0 aliphatic carbocycles. The second-order valence-electron chi connectivity index (χ2n) is 7.47. The first-order valence-corrected chi connectivity index (χ1v) is 9.00. The van der Waals surface area contributed by atoms with Gasteiger partial charge in [-0.3, -0.25) is 4.79 Å². The lowest BCUT2D eigenvalue weighted by Gasteiger charge is -2.30. The zero-order chi connectivity index (χ0) is 16.9. The molecular formula is C19H30Cl2N2O. The molecule has 1 aromatic carbocycles. The third-order valence-electron chi connectivity index (χ3n) is 4.76. The number of benzene rings is 1. The number of hydrogen-bond acceptors (Lipinski definition) is 2. The monoisotopic (exact) mass is 372 g/mol. The Hall–Kier alpha value is -0.770. The third kappa shape index (κ3) is 6.62. The quantitative estimate of drug-likeness (QED) is 0.784. The van der Waals surface area contributed by atoms with Crippen molar-refractivity contribution in [3.8, 4) is 0 Å². The lowest BCUT2D eigenvalue weighted by atomic mass is 9.83. The summed E-state index contributed by atoms with van der Waals surface area (Å²) in [6.07, 6.45) is 3.70. The van der Waals surface area contributed by atoms with E-state index in [0.717, 1.165) is 30.1 Å². The molecule has 1 aliphatic rings. The highest BCUT2D eigenvalue weighted by atomic mass is 35.5. The normalized spacial score (nSPS) is 17.0. The Morgan fingerprint density at radius 2 is 1.96 bits per heavy atom. The maximum absolute atomic E-state index is 12.4. The van der Waals surface area contributed by atoms with Crippen LogP contribution in [0.3, 0.4) is 0 Å². The van der Waals surface area contributed by atoms with Gasteiger partial charge in [-0.1, -0.05) is 36.7 Å². The first-order chi connectivity index (χ1) is 10.9. The molecule has 24 heavy (non-hydrogen) atoms. The second-order valence-corrected chi connectivity index (χ2v) is 7.88. The van der Waals surface area contributed by atoms with Crippen LogP contribution in [0, 0.1) is 11.8 Å². The van der Waals surface area contributed by atoms with Crippen LogP contribution in [-0.2, 0) is 11.2 Å². The van der Waals surface area contributed by atoms with Crippen molar-refractivity contribution in [3.63, 3.8) is 0 Å². The number of nitrogens with one attached hydrogen (secondary N) is 2. The Morgan fingerprint density at radius 1 is 1.33 bits per heavy atom. The third-order valence-corrected chi connectivity index (χ3v) is 5.13. The average molecular weight is 373 g/mol. The molecule has 0 bridgehead atoms. The van der Waals surface area contributed by atoms with Crippen molar-refractivity contribution in [1.29, 1.82) is 0 Å². The molecule has 1 unspecified atom stereocenters. The summed E-state index contributed by atoms with van der Waals surface area (Å²) in [5, 5.41) is 7.33. The average Bonchev–Trinajstić information content (AvgIpc) is 2.49. The number of carbonyl (C=O) groups excluding carboxylic acids is 1. The highest BCUT2D eigenvalue weighted by Gasteiger charge is 2.26. The lowest BCUT2D eigenvalue weighted by Crippen LogP contribution is -2.46. The largest absolute Gasteiger partial charge is 0.351 e. The van der Waals surface area contributed by atoms with Gasteiger partial charge >= 0.3 is 0 Å². The summed E-state index contributed by atoms with van der Waals surface area (Å²) in [6, 6.07) is 7.83. The van der Waals surface area contributed by atoms with E-state index >= 15 is 0 Å². The molecule has 1 heterocycles. The number of hydrogen-bond donors (Lipinski definition) is 2. The molecule has 1 atom stereocenters. The van der Waals surface area contributed by atoms with Crippen LogP contribution in [0.15, 0.2) is 24.3 Å². The summed E-state index contributed by atoms with van der Waals surface area (Å²) in [6.45, 7) is 8.48. The molecule has 5 heteroatoms. The van der Waals surface area contributed by atoms with Crippen molar-refractivity contribution in [1.82, 2.24) is 10.6 Å². The molecule has 1 amide bonds. The van der Waals surface area contributed by atoms with Crippen LogP contribution in [0.25, 0.3) is 0 Å². The Morgan fingerprint density at radius 3 is 2.58 bits per heavy atom. The van der Waals surface area contributed by atoms with Crippen molar-refractivity contribution in [2.45, 2.75) is 52.0 Å². The van der Waals surface area contributed by atoms with Crippen molar-refractivity contribution in [2.24, 2.45) is 11.8 Å². The smallest absolute Gasteiger partial charge is 0.220 e. The number of halogens is 2. The van der Waals surface area contributed by atoms with E-state index in [1.54, 1.807) is 0 Å². The molecule has 136 valence electrons. The molecule has 3 nitrogen and oxygen atoms in total. The lowest BCUT2D eigenvalue weighted by molar-refractivity contribution is -0.123. The van der Waals surface area contributed by atoms with Crippen LogP contribution in [-0.4, -0.2) is 24.5 Å². The van der Waals surface area contributed by atoms with Crippen LogP contribution < -0.4 is 10.6 Å². The van der Waals surface area contributed by atoms with Crippen molar-refractivity contribution in [3.05, 3.63) is 34.9 Å². The minimum atomic E-state index is -0.296. The Bertz CT molecular complexity index is 528. The molecule has 0 saturated carbocycles. The van der Waals surface area contributed by atoms with E-state index < -0.39 is 0 Å². The van der Waals surface area contributed by atoms with Crippen LogP contribution >= 0.6 is 24.0 Å². The molecule has 1 fully saturated rings. The van der Waals surface area contributed by atoms with E-state index in [2.05, 4.69) is 31.4 Å². The molecule has 0 spiro atoms. The van der Waals surface area contributed by atoms with Gasteiger partial charge < -0.3 is 10.6 Å². The minimum Gasteiger partial charge on any atom is -0.351 e. The topological polar surface area (TPSA) is 41.1 Å². The number of carbonyl (C=O) groups is 1. The van der Waals surface area contributed by atoms with Gasteiger partial charge in [-0.2, -0.15) is 0 Å². The van der Waals surface area contributed by atoms with Crippen LogP contribution in [0.4, 0.5) is 0 Å². The summed E-state index contributed by atoms with van der Waals surface area (Å²) < 4.78 is 0. The first-order valence-electron chi connectivity index (χ1n) is 8.62. The van der Waals surface area contributed by atoms with Gasteiger partial charge in [0.05, 0.1) is 0 Å². The zero-order valence-electron chi connectivity index (χ0n) is 14.9. The van der Waals surface area contributed by atoms with Gasteiger partial charge in [0.2, 0.25) is 5.91 Å². The van der Waals surface area contributed by atoms with Gasteiger partial charge in [0.25, 0.3) is 0 Å². The summed E-state index contributed by atoms with van der Waals surface area (Å²) >= 11 is 6.23. The predicted octanol–water partition coefficient (Wildman–Crippen LogP) is 4.22.